The molecule has 1 aliphatic rings. The van der Waals surface area contributed by atoms with E-state index in [0.29, 0.717) is 19.3 Å². The lowest BCUT2D eigenvalue weighted by molar-refractivity contribution is -0.141. The van der Waals surface area contributed by atoms with Crippen molar-refractivity contribution in [2.24, 2.45) is 5.92 Å². The van der Waals surface area contributed by atoms with Crippen LogP contribution >= 0.6 is 0 Å². The Balaban J connectivity index is 2.01. The summed E-state index contributed by atoms with van der Waals surface area (Å²) >= 11 is 0. The average Bonchev–Trinajstić information content (AvgIpc) is 2.85. The number of aliphatic carboxylic acids is 1. The number of aromatic amines is 1. The minimum Gasteiger partial charge on any atom is -0.481 e. The van der Waals surface area contributed by atoms with Gasteiger partial charge in [-0.3, -0.25) is 4.79 Å². The van der Waals surface area contributed by atoms with Crippen molar-refractivity contribution < 1.29 is 18.3 Å². The van der Waals surface area contributed by atoms with Gasteiger partial charge in [-0.1, -0.05) is 0 Å². The molecule has 1 fully saturated rings. The van der Waals surface area contributed by atoms with Gasteiger partial charge in [0.15, 0.2) is 0 Å². The second-order valence-electron chi connectivity index (χ2n) is 4.21. The van der Waals surface area contributed by atoms with Crippen molar-refractivity contribution in [2.75, 3.05) is 0 Å². The lowest BCUT2D eigenvalue weighted by Gasteiger charge is -2.11. The van der Waals surface area contributed by atoms with Crippen LogP contribution in [-0.4, -0.2) is 30.5 Å². The minimum atomic E-state index is -3.52. The molecule has 1 aromatic heterocycles. The average molecular weight is 258 g/mol. The number of sulfonamides is 1. The Morgan fingerprint density at radius 1 is 1.47 bits per heavy atom. The number of hydrogen-bond acceptors (Lipinski definition) is 3. The number of H-pyrrole nitrogens is 1. The molecule has 0 saturated heterocycles. The molecule has 0 bridgehead atoms. The van der Waals surface area contributed by atoms with Crippen molar-refractivity contribution in [1.29, 1.82) is 0 Å². The lowest BCUT2D eigenvalue weighted by atomic mass is 10.1. The zero-order valence-electron chi connectivity index (χ0n) is 9.09. The van der Waals surface area contributed by atoms with Crippen molar-refractivity contribution in [3.63, 3.8) is 0 Å². The van der Waals surface area contributed by atoms with Gasteiger partial charge in [0, 0.05) is 18.4 Å². The molecule has 1 saturated carbocycles. The highest BCUT2D eigenvalue weighted by Crippen LogP contribution is 2.26. The van der Waals surface area contributed by atoms with Gasteiger partial charge >= 0.3 is 5.97 Å². The molecule has 17 heavy (non-hydrogen) atoms. The van der Waals surface area contributed by atoms with Crippen LogP contribution in [0.2, 0.25) is 0 Å². The minimum absolute atomic E-state index is 0.177. The van der Waals surface area contributed by atoms with Crippen molar-refractivity contribution in [3.05, 3.63) is 18.5 Å². The third kappa shape index (κ3) is 2.67. The number of carbonyl (C=O) groups is 1. The number of aromatic nitrogens is 1. The molecule has 0 spiro atoms. The van der Waals surface area contributed by atoms with E-state index in [1.807, 2.05) is 0 Å². The summed E-state index contributed by atoms with van der Waals surface area (Å²) in [5, 5.41) is 8.83. The zero-order valence-corrected chi connectivity index (χ0v) is 9.90. The maximum atomic E-state index is 11.8. The number of nitrogens with one attached hydrogen (secondary N) is 2. The Morgan fingerprint density at radius 3 is 2.76 bits per heavy atom. The largest absolute Gasteiger partial charge is 0.481 e. The molecule has 2 atom stereocenters. The SMILES string of the molecule is O=C(O)C1CCC(NS(=O)(=O)c2cc[nH]c2)C1. The topological polar surface area (TPSA) is 99.3 Å². The second-order valence-corrected chi connectivity index (χ2v) is 5.93. The molecule has 1 heterocycles. The van der Waals surface area contributed by atoms with Gasteiger partial charge < -0.3 is 10.1 Å². The number of rotatable bonds is 4. The predicted octanol–water partition coefficient (Wildman–Crippen LogP) is 0.546. The van der Waals surface area contributed by atoms with Crippen molar-refractivity contribution in [2.45, 2.75) is 30.2 Å². The molecular weight excluding hydrogens is 244 g/mol. The number of carboxylic acid groups (broad SMARTS) is 1. The maximum Gasteiger partial charge on any atom is 0.306 e. The van der Waals surface area contributed by atoms with Gasteiger partial charge in [-0.2, -0.15) is 0 Å². The third-order valence-electron chi connectivity index (χ3n) is 2.98. The number of hydrogen-bond donors (Lipinski definition) is 3. The molecule has 2 unspecified atom stereocenters. The summed E-state index contributed by atoms with van der Waals surface area (Å²) < 4.78 is 26.2. The fraction of sp³-hybridized carbons (Fsp3) is 0.500. The Labute approximate surface area is 99.1 Å². The van der Waals surface area contributed by atoms with Crippen LogP contribution in [0.4, 0.5) is 0 Å². The lowest BCUT2D eigenvalue weighted by Crippen LogP contribution is -2.33. The Kier molecular flexibility index (Phi) is 3.21. The van der Waals surface area contributed by atoms with Crippen LogP contribution in [0.15, 0.2) is 23.4 Å². The van der Waals surface area contributed by atoms with Gasteiger partial charge in [-0.15, -0.1) is 0 Å². The first-order valence-corrected chi connectivity index (χ1v) is 6.85. The molecule has 94 valence electrons. The summed E-state index contributed by atoms with van der Waals surface area (Å²) in [6.07, 6.45) is 4.38. The summed E-state index contributed by atoms with van der Waals surface area (Å²) in [5.74, 6) is -1.29. The molecule has 0 amide bonds. The monoisotopic (exact) mass is 258 g/mol. The molecule has 6 nitrogen and oxygen atoms in total. The van der Waals surface area contributed by atoms with Gasteiger partial charge in [0.05, 0.1) is 10.8 Å². The molecule has 1 aromatic rings. The molecule has 2 rings (SSSR count). The highest BCUT2D eigenvalue weighted by atomic mass is 32.2. The van der Waals surface area contributed by atoms with Gasteiger partial charge in [-0.25, -0.2) is 13.1 Å². The molecule has 0 radical (unpaired) electrons. The predicted molar refractivity (Wildman–Crippen MR) is 59.9 cm³/mol. The summed E-state index contributed by atoms with van der Waals surface area (Å²) in [6.45, 7) is 0. The van der Waals surface area contributed by atoms with Crippen LogP contribution in [0.5, 0.6) is 0 Å². The number of carboxylic acids is 1. The molecule has 3 N–H and O–H groups in total. The zero-order chi connectivity index (χ0) is 12.5. The van der Waals surface area contributed by atoms with Crippen LogP contribution in [0.1, 0.15) is 19.3 Å². The van der Waals surface area contributed by atoms with Crippen LogP contribution in [-0.2, 0) is 14.8 Å². The van der Waals surface area contributed by atoms with Gasteiger partial charge in [-0.05, 0) is 25.3 Å². The highest BCUT2D eigenvalue weighted by Gasteiger charge is 2.32. The van der Waals surface area contributed by atoms with E-state index in [2.05, 4.69) is 9.71 Å². The van der Waals surface area contributed by atoms with Gasteiger partial charge in [0.2, 0.25) is 10.0 Å². The van der Waals surface area contributed by atoms with E-state index in [-0.39, 0.29) is 10.9 Å². The van der Waals surface area contributed by atoms with E-state index in [0.717, 1.165) is 0 Å². The fourth-order valence-corrected chi connectivity index (χ4v) is 3.34. The molecular formula is C10H14N2O4S. The van der Waals surface area contributed by atoms with Crippen molar-refractivity contribution in [1.82, 2.24) is 9.71 Å². The quantitative estimate of drug-likeness (QED) is 0.734. The summed E-state index contributed by atoms with van der Waals surface area (Å²) in [4.78, 5) is 13.6. The molecule has 7 heteroatoms. The first-order chi connectivity index (χ1) is 7.99. The van der Waals surface area contributed by atoms with E-state index in [1.54, 1.807) is 0 Å². The highest BCUT2D eigenvalue weighted by molar-refractivity contribution is 7.89. The van der Waals surface area contributed by atoms with E-state index in [1.165, 1.54) is 18.5 Å². The molecule has 0 aliphatic heterocycles. The smallest absolute Gasteiger partial charge is 0.306 e. The molecule has 1 aliphatic carbocycles. The van der Waals surface area contributed by atoms with Crippen molar-refractivity contribution >= 4 is 16.0 Å². The second kappa shape index (κ2) is 4.50. The third-order valence-corrected chi connectivity index (χ3v) is 4.50. The van der Waals surface area contributed by atoms with Crippen molar-refractivity contribution in [3.8, 4) is 0 Å². The van der Waals surface area contributed by atoms with Crippen LogP contribution in [0.25, 0.3) is 0 Å². The first kappa shape index (κ1) is 12.1. The van der Waals surface area contributed by atoms with E-state index < -0.39 is 21.9 Å². The van der Waals surface area contributed by atoms with E-state index >= 15 is 0 Å². The van der Waals surface area contributed by atoms with Gasteiger partial charge in [0.1, 0.15) is 0 Å². The van der Waals surface area contributed by atoms with Crippen LogP contribution in [0, 0.1) is 5.92 Å². The maximum absolute atomic E-state index is 11.8. The summed E-state index contributed by atoms with van der Waals surface area (Å²) in [5.41, 5.74) is 0. The van der Waals surface area contributed by atoms with Crippen LogP contribution in [0.3, 0.4) is 0 Å². The van der Waals surface area contributed by atoms with E-state index in [9.17, 15) is 13.2 Å². The Hall–Kier alpha value is -1.34. The Bertz CT molecular complexity index is 494. The standard InChI is InChI=1S/C10H14N2O4S/c13-10(14)7-1-2-8(5-7)12-17(15,16)9-3-4-11-6-9/h3-4,6-8,11-12H,1-2,5H2,(H,13,14). The summed E-state index contributed by atoms with van der Waals surface area (Å²) in [7, 11) is -3.52. The van der Waals surface area contributed by atoms with E-state index in [4.69, 9.17) is 5.11 Å². The molecule has 0 aromatic carbocycles. The van der Waals surface area contributed by atoms with Gasteiger partial charge in [0.25, 0.3) is 0 Å². The summed E-state index contributed by atoms with van der Waals surface area (Å²) in [6, 6.07) is 1.18. The fourth-order valence-electron chi connectivity index (χ4n) is 2.08. The first-order valence-electron chi connectivity index (χ1n) is 5.37. The normalized spacial score (nSPS) is 24.9. The Morgan fingerprint density at radius 2 is 2.24 bits per heavy atom. The van der Waals surface area contributed by atoms with Crippen LogP contribution < -0.4 is 4.72 Å².